The minimum Gasteiger partial charge on any atom is -0.351 e. The minimum atomic E-state index is -0.0609. The van der Waals surface area contributed by atoms with E-state index in [1.807, 2.05) is 18.3 Å². The molecule has 0 amide bonds. The molecule has 4 aromatic rings. The summed E-state index contributed by atoms with van der Waals surface area (Å²) in [5.41, 5.74) is 9.37. The zero-order chi connectivity index (χ0) is 24.0. The molecular formula is C28H27BrN4S. The Kier molecular flexibility index (Phi) is 6.04. The van der Waals surface area contributed by atoms with Crippen LogP contribution in [0, 0.1) is 27.7 Å². The highest BCUT2D eigenvalue weighted by atomic mass is 79.9. The van der Waals surface area contributed by atoms with Crippen molar-refractivity contribution in [1.82, 2.24) is 14.9 Å². The minimum absolute atomic E-state index is 0.0279. The summed E-state index contributed by atoms with van der Waals surface area (Å²) in [5.74, 6) is 0. The zero-order valence-electron chi connectivity index (χ0n) is 19.7. The number of hydrogen-bond acceptors (Lipinski definition) is 2. The fraction of sp³-hybridized carbons (Fsp3) is 0.214. The van der Waals surface area contributed by atoms with Gasteiger partial charge in [-0.25, -0.2) is 0 Å². The Hall–Kier alpha value is -2.96. The Morgan fingerprint density at radius 2 is 1.62 bits per heavy atom. The van der Waals surface area contributed by atoms with Crippen LogP contribution in [0.1, 0.15) is 45.9 Å². The summed E-state index contributed by atoms with van der Waals surface area (Å²) in [6.07, 6.45) is 1.85. The highest BCUT2D eigenvalue weighted by Gasteiger charge is 2.42. The first-order valence-corrected chi connectivity index (χ1v) is 12.6. The third kappa shape index (κ3) is 3.95. The molecule has 1 N–H and O–H groups in total. The van der Waals surface area contributed by atoms with Crippen LogP contribution < -0.4 is 10.2 Å². The van der Waals surface area contributed by atoms with E-state index < -0.39 is 0 Å². The van der Waals surface area contributed by atoms with Crippen LogP contribution in [0.5, 0.6) is 0 Å². The van der Waals surface area contributed by atoms with Gasteiger partial charge in [-0.2, -0.15) is 0 Å². The molecule has 1 saturated heterocycles. The van der Waals surface area contributed by atoms with Gasteiger partial charge in [-0.05, 0) is 111 Å². The molecule has 0 saturated carbocycles. The number of halogens is 1. The van der Waals surface area contributed by atoms with Crippen LogP contribution in [-0.4, -0.2) is 14.7 Å². The predicted octanol–water partition coefficient (Wildman–Crippen LogP) is 7.05. The van der Waals surface area contributed by atoms with Gasteiger partial charge in [-0.1, -0.05) is 28.1 Å². The summed E-state index contributed by atoms with van der Waals surface area (Å²) < 4.78 is 3.39. The summed E-state index contributed by atoms with van der Waals surface area (Å²) in [4.78, 5) is 6.96. The van der Waals surface area contributed by atoms with E-state index in [1.54, 1.807) is 0 Å². The summed E-state index contributed by atoms with van der Waals surface area (Å²) in [5, 5.41) is 4.30. The van der Waals surface area contributed by atoms with Gasteiger partial charge in [-0.15, -0.1) is 0 Å². The molecule has 2 atom stereocenters. The van der Waals surface area contributed by atoms with Gasteiger partial charge < -0.3 is 14.8 Å². The molecule has 0 radical (unpaired) electrons. The van der Waals surface area contributed by atoms with E-state index in [-0.39, 0.29) is 12.1 Å². The van der Waals surface area contributed by atoms with E-state index in [4.69, 9.17) is 17.2 Å². The third-order valence-corrected chi connectivity index (χ3v) is 7.58. The first kappa shape index (κ1) is 22.8. The fourth-order valence-electron chi connectivity index (χ4n) is 4.90. The highest BCUT2D eigenvalue weighted by molar-refractivity contribution is 9.10. The van der Waals surface area contributed by atoms with E-state index in [2.05, 4.69) is 113 Å². The Balaban J connectivity index is 1.68. The molecule has 1 aliphatic rings. The third-order valence-electron chi connectivity index (χ3n) is 6.74. The smallest absolute Gasteiger partial charge is 0.174 e. The van der Waals surface area contributed by atoms with Gasteiger partial charge in [0.1, 0.15) is 0 Å². The van der Waals surface area contributed by atoms with Crippen LogP contribution in [0.15, 0.2) is 77.4 Å². The van der Waals surface area contributed by atoms with Crippen molar-refractivity contribution in [3.8, 4) is 5.69 Å². The fourth-order valence-corrected chi connectivity index (χ4v) is 5.51. The molecule has 2 aromatic heterocycles. The summed E-state index contributed by atoms with van der Waals surface area (Å²) in [6, 6.07) is 23.3. The second-order valence-electron chi connectivity index (χ2n) is 8.90. The maximum atomic E-state index is 5.92. The summed E-state index contributed by atoms with van der Waals surface area (Å²) >= 11 is 9.47. The van der Waals surface area contributed by atoms with Crippen molar-refractivity contribution in [3.63, 3.8) is 0 Å². The molecule has 3 heterocycles. The standard InChI is InChI=1S/C28H27BrN4S/c1-17-8-11-23(15-18(17)2)33-27(26(31-28(33)34)25-7-5-6-14-30-25)24-16-19(3)32(20(24)4)22-12-9-21(29)10-13-22/h5-16,26-27H,1-4H3,(H,31,34)/t26-,27+/m0/s1. The van der Waals surface area contributed by atoms with E-state index in [0.29, 0.717) is 0 Å². The van der Waals surface area contributed by atoms with Crippen molar-refractivity contribution >= 4 is 38.9 Å². The molecule has 34 heavy (non-hydrogen) atoms. The molecule has 172 valence electrons. The van der Waals surface area contributed by atoms with Crippen molar-refractivity contribution in [3.05, 3.63) is 111 Å². The second-order valence-corrected chi connectivity index (χ2v) is 10.2. The Bertz CT molecular complexity index is 1360. The molecule has 2 aromatic carbocycles. The second kappa shape index (κ2) is 9.01. The van der Waals surface area contributed by atoms with Gasteiger partial charge >= 0.3 is 0 Å². The number of anilines is 1. The zero-order valence-corrected chi connectivity index (χ0v) is 22.1. The number of nitrogens with zero attached hydrogens (tertiary/aromatic N) is 3. The quantitative estimate of drug-likeness (QED) is 0.286. The first-order chi connectivity index (χ1) is 16.3. The van der Waals surface area contributed by atoms with Gasteiger partial charge in [0.05, 0.1) is 17.8 Å². The summed E-state index contributed by atoms with van der Waals surface area (Å²) in [7, 11) is 0. The van der Waals surface area contributed by atoms with Crippen molar-refractivity contribution in [2.24, 2.45) is 0 Å². The lowest BCUT2D eigenvalue weighted by atomic mass is 9.96. The molecule has 1 aliphatic heterocycles. The molecule has 0 spiro atoms. The maximum absolute atomic E-state index is 5.92. The highest BCUT2D eigenvalue weighted by Crippen LogP contribution is 2.44. The molecule has 4 nitrogen and oxygen atoms in total. The first-order valence-electron chi connectivity index (χ1n) is 11.4. The van der Waals surface area contributed by atoms with Crippen LogP contribution in [0.4, 0.5) is 5.69 Å². The lowest BCUT2D eigenvalue weighted by molar-refractivity contribution is 0.565. The van der Waals surface area contributed by atoms with Crippen molar-refractivity contribution in [2.75, 3.05) is 4.90 Å². The van der Waals surface area contributed by atoms with E-state index in [0.717, 1.165) is 26.7 Å². The largest absolute Gasteiger partial charge is 0.351 e. The van der Waals surface area contributed by atoms with Gasteiger partial charge in [0.2, 0.25) is 0 Å². The van der Waals surface area contributed by atoms with Crippen LogP contribution in [0.25, 0.3) is 5.69 Å². The lowest BCUT2D eigenvalue weighted by Crippen LogP contribution is -2.29. The number of benzene rings is 2. The molecule has 0 aliphatic carbocycles. The monoisotopic (exact) mass is 530 g/mol. The molecule has 0 unspecified atom stereocenters. The van der Waals surface area contributed by atoms with Gasteiger partial charge in [-0.3, -0.25) is 4.98 Å². The number of thiocarbonyl (C=S) groups is 1. The average Bonchev–Trinajstić information content (AvgIpc) is 3.32. The van der Waals surface area contributed by atoms with E-state index in [1.165, 1.54) is 28.1 Å². The molecule has 0 bridgehead atoms. The topological polar surface area (TPSA) is 33.1 Å². The van der Waals surface area contributed by atoms with Crippen LogP contribution in [-0.2, 0) is 0 Å². The summed E-state index contributed by atoms with van der Waals surface area (Å²) in [6.45, 7) is 8.64. The predicted molar refractivity (Wildman–Crippen MR) is 147 cm³/mol. The number of aromatic nitrogens is 2. The van der Waals surface area contributed by atoms with E-state index in [9.17, 15) is 0 Å². The van der Waals surface area contributed by atoms with Crippen LogP contribution >= 0.6 is 28.1 Å². The van der Waals surface area contributed by atoms with Crippen molar-refractivity contribution < 1.29 is 0 Å². The number of rotatable bonds is 4. The average molecular weight is 532 g/mol. The Labute approximate surface area is 214 Å². The van der Waals surface area contributed by atoms with Gasteiger partial charge in [0.25, 0.3) is 0 Å². The normalized spacial score (nSPS) is 17.8. The Morgan fingerprint density at radius 3 is 2.29 bits per heavy atom. The van der Waals surface area contributed by atoms with Crippen LogP contribution in [0.2, 0.25) is 0 Å². The van der Waals surface area contributed by atoms with Gasteiger partial charge in [0.15, 0.2) is 5.11 Å². The molecule has 6 heteroatoms. The number of aryl methyl sites for hydroxylation is 3. The van der Waals surface area contributed by atoms with Gasteiger partial charge in [0, 0.05) is 33.4 Å². The number of pyridine rings is 1. The number of nitrogens with one attached hydrogen (secondary N) is 1. The molecule has 1 fully saturated rings. The molecule has 5 rings (SSSR count). The number of hydrogen-bond donors (Lipinski definition) is 1. The SMILES string of the molecule is Cc1ccc(N2C(=S)N[C@@H](c3ccccn3)[C@H]2c2cc(C)n(-c3ccc(Br)cc3)c2C)cc1C. The maximum Gasteiger partial charge on any atom is 0.174 e. The van der Waals surface area contributed by atoms with Crippen molar-refractivity contribution in [2.45, 2.75) is 39.8 Å². The lowest BCUT2D eigenvalue weighted by Gasteiger charge is -2.28. The van der Waals surface area contributed by atoms with Crippen molar-refractivity contribution in [1.29, 1.82) is 0 Å². The Morgan fingerprint density at radius 1 is 0.882 bits per heavy atom. The van der Waals surface area contributed by atoms with Crippen LogP contribution in [0.3, 0.4) is 0 Å². The molecular weight excluding hydrogens is 504 g/mol. The van der Waals surface area contributed by atoms with E-state index >= 15 is 0 Å².